The number of morpholine rings is 1. The van der Waals surface area contributed by atoms with E-state index in [2.05, 4.69) is 15.3 Å². The monoisotopic (exact) mass is 381 g/mol. The Hall–Kier alpha value is -2.97. The predicted molar refractivity (Wildman–Crippen MR) is 104 cm³/mol. The third kappa shape index (κ3) is 4.13. The van der Waals surface area contributed by atoms with Gasteiger partial charge in [0.15, 0.2) is 5.65 Å². The molecule has 3 heterocycles. The van der Waals surface area contributed by atoms with E-state index in [-0.39, 0.29) is 24.2 Å². The van der Waals surface area contributed by atoms with Crippen LogP contribution in [0.25, 0.3) is 5.65 Å². The molecule has 2 aromatic heterocycles. The molecule has 1 aliphatic heterocycles. The van der Waals surface area contributed by atoms with Crippen molar-refractivity contribution in [3.8, 4) is 0 Å². The number of aromatic nitrogens is 3. The van der Waals surface area contributed by atoms with Gasteiger partial charge < -0.3 is 10.1 Å². The van der Waals surface area contributed by atoms with Crippen LogP contribution in [-0.2, 0) is 16.1 Å². The van der Waals surface area contributed by atoms with E-state index < -0.39 is 0 Å². The lowest BCUT2D eigenvalue weighted by Crippen LogP contribution is -2.44. The van der Waals surface area contributed by atoms with Gasteiger partial charge in [0.25, 0.3) is 0 Å². The number of hydrogen-bond donors (Lipinski definition) is 1. The number of fused-ring (bicyclic) bond motifs is 1. The molecule has 1 aliphatic rings. The number of amides is 1. The molecule has 0 radical (unpaired) electrons. The van der Waals surface area contributed by atoms with Gasteiger partial charge in [-0.3, -0.25) is 14.1 Å². The third-order valence-electron chi connectivity index (χ3n) is 4.86. The minimum absolute atomic E-state index is 0.118. The number of nitrogens with zero attached hydrogens (tertiary/aromatic N) is 4. The molecular weight excluding hydrogens is 358 g/mol. The highest BCUT2D eigenvalue weighted by Gasteiger charge is 2.21. The lowest BCUT2D eigenvalue weighted by Gasteiger charge is -2.31. The maximum absolute atomic E-state index is 12.7. The van der Waals surface area contributed by atoms with Crippen LogP contribution in [0.4, 0.5) is 0 Å². The Morgan fingerprint density at radius 1 is 1.11 bits per heavy atom. The van der Waals surface area contributed by atoms with E-state index in [0.29, 0.717) is 25.4 Å². The predicted octanol–water partition coefficient (Wildman–Crippen LogP) is 0.686. The molecule has 1 fully saturated rings. The summed E-state index contributed by atoms with van der Waals surface area (Å²) in [6.07, 6.45) is 1.64. The second kappa shape index (κ2) is 8.37. The molecular formula is C20H23N5O3. The molecule has 3 aromatic rings. The molecule has 28 heavy (non-hydrogen) atoms. The van der Waals surface area contributed by atoms with Crippen LogP contribution >= 0.6 is 0 Å². The van der Waals surface area contributed by atoms with Crippen LogP contribution in [0.3, 0.4) is 0 Å². The molecule has 1 unspecified atom stereocenters. The maximum Gasteiger partial charge on any atom is 0.350 e. The first-order valence-corrected chi connectivity index (χ1v) is 9.39. The van der Waals surface area contributed by atoms with E-state index in [1.165, 1.54) is 9.08 Å². The first kappa shape index (κ1) is 18.4. The normalized spacial score (nSPS) is 16.1. The molecule has 1 aromatic carbocycles. The zero-order valence-corrected chi connectivity index (χ0v) is 15.5. The van der Waals surface area contributed by atoms with Gasteiger partial charge in [0.2, 0.25) is 5.91 Å². The summed E-state index contributed by atoms with van der Waals surface area (Å²) in [7, 11) is 0. The van der Waals surface area contributed by atoms with Crippen LogP contribution in [0.2, 0.25) is 0 Å². The van der Waals surface area contributed by atoms with Crippen LogP contribution in [0.1, 0.15) is 11.6 Å². The summed E-state index contributed by atoms with van der Waals surface area (Å²) in [5.74, 6) is -0.243. The highest BCUT2D eigenvalue weighted by atomic mass is 16.5. The van der Waals surface area contributed by atoms with Gasteiger partial charge in [-0.05, 0) is 17.7 Å². The Balaban J connectivity index is 1.49. The van der Waals surface area contributed by atoms with Crippen LogP contribution in [0.15, 0.2) is 59.5 Å². The van der Waals surface area contributed by atoms with E-state index in [9.17, 15) is 9.59 Å². The van der Waals surface area contributed by atoms with E-state index in [4.69, 9.17) is 4.74 Å². The molecule has 4 rings (SSSR count). The van der Waals surface area contributed by atoms with E-state index in [1.807, 2.05) is 30.3 Å². The molecule has 0 bridgehead atoms. The molecule has 0 aliphatic carbocycles. The zero-order valence-electron chi connectivity index (χ0n) is 15.5. The summed E-state index contributed by atoms with van der Waals surface area (Å²) in [6, 6.07) is 15.0. The lowest BCUT2D eigenvalue weighted by atomic mass is 10.1. The number of benzene rings is 1. The van der Waals surface area contributed by atoms with Gasteiger partial charge in [0.05, 0.1) is 19.3 Å². The fourth-order valence-corrected chi connectivity index (χ4v) is 3.41. The van der Waals surface area contributed by atoms with Crippen LogP contribution in [0, 0.1) is 0 Å². The molecule has 0 spiro atoms. The fraction of sp³-hybridized carbons (Fsp3) is 0.350. The maximum atomic E-state index is 12.7. The van der Waals surface area contributed by atoms with Crippen LogP contribution < -0.4 is 11.0 Å². The molecule has 146 valence electrons. The summed E-state index contributed by atoms with van der Waals surface area (Å²) in [5, 5.41) is 7.30. The van der Waals surface area contributed by atoms with Gasteiger partial charge in [-0.2, -0.15) is 0 Å². The number of carbonyl (C=O) groups is 1. The second-order valence-corrected chi connectivity index (χ2v) is 6.81. The Bertz CT molecular complexity index is 992. The number of carbonyl (C=O) groups excluding carboxylic acids is 1. The minimum atomic E-state index is -0.324. The Morgan fingerprint density at radius 3 is 2.61 bits per heavy atom. The van der Waals surface area contributed by atoms with Gasteiger partial charge in [-0.15, -0.1) is 5.10 Å². The Labute approximate surface area is 162 Å². The molecule has 1 atom stereocenters. The summed E-state index contributed by atoms with van der Waals surface area (Å²) < 4.78 is 8.03. The summed E-state index contributed by atoms with van der Waals surface area (Å²) >= 11 is 0. The Morgan fingerprint density at radius 2 is 1.86 bits per heavy atom. The fourth-order valence-electron chi connectivity index (χ4n) is 3.41. The molecule has 8 heteroatoms. The largest absolute Gasteiger partial charge is 0.379 e. The standard InChI is InChI=1S/C20H23N5O3/c26-19(15-25-20(27)24-9-5-4-8-18(24)22-25)21-17(16-6-2-1-3-7-16)14-23-10-12-28-13-11-23/h1-9,17H,10-15H2,(H,21,26). The summed E-state index contributed by atoms with van der Waals surface area (Å²) in [4.78, 5) is 27.4. The van der Waals surface area contributed by atoms with Crippen LogP contribution in [-0.4, -0.2) is 57.8 Å². The van der Waals surface area contributed by atoms with Crippen molar-refractivity contribution in [2.45, 2.75) is 12.6 Å². The molecule has 0 saturated carbocycles. The highest BCUT2D eigenvalue weighted by molar-refractivity contribution is 5.76. The second-order valence-electron chi connectivity index (χ2n) is 6.81. The van der Waals surface area contributed by atoms with Gasteiger partial charge in [-0.1, -0.05) is 36.4 Å². The quantitative estimate of drug-likeness (QED) is 0.679. The molecule has 1 amide bonds. The number of hydrogen-bond acceptors (Lipinski definition) is 5. The third-order valence-corrected chi connectivity index (χ3v) is 4.86. The van der Waals surface area contributed by atoms with E-state index in [1.54, 1.807) is 24.4 Å². The number of ether oxygens (including phenoxy) is 1. The van der Waals surface area contributed by atoms with Crippen molar-refractivity contribution < 1.29 is 9.53 Å². The lowest BCUT2D eigenvalue weighted by molar-refractivity contribution is -0.122. The molecule has 1 N–H and O–H groups in total. The Kier molecular flexibility index (Phi) is 5.50. The smallest absolute Gasteiger partial charge is 0.350 e. The van der Waals surface area contributed by atoms with Gasteiger partial charge >= 0.3 is 5.69 Å². The van der Waals surface area contributed by atoms with Gasteiger partial charge in [0, 0.05) is 25.8 Å². The van der Waals surface area contributed by atoms with Crippen molar-refractivity contribution >= 4 is 11.6 Å². The summed E-state index contributed by atoms with van der Waals surface area (Å²) in [5.41, 5.74) is 1.23. The molecule has 1 saturated heterocycles. The first-order valence-electron chi connectivity index (χ1n) is 9.39. The van der Waals surface area contributed by atoms with Crippen molar-refractivity contribution in [3.05, 3.63) is 70.8 Å². The summed E-state index contributed by atoms with van der Waals surface area (Å²) in [6.45, 7) is 3.65. The SMILES string of the molecule is O=C(Cn1nc2ccccn2c1=O)NC(CN1CCOCC1)c1ccccc1. The number of pyridine rings is 1. The van der Waals surface area contributed by atoms with Crippen molar-refractivity contribution in [1.29, 1.82) is 0 Å². The van der Waals surface area contributed by atoms with Crippen molar-refractivity contribution in [2.24, 2.45) is 0 Å². The zero-order chi connectivity index (χ0) is 19.3. The van der Waals surface area contributed by atoms with Crippen molar-refractivity contribution in [3.63, 3.8) is 0 Å². The van der Waals surface area contributed by atoms with Crippen LogP contribution in [0.5, 0.6) is 0 Å². The molecule has 8 nitrogen and oxygen atoms in total. The van der Waals surface area contributed by atoms with Crippen molar-refractivity contribution in [1.82, 2.24) is 24.4 Å². The highest BCUT2D eigenvalue weighted by Crippen LogP contribution is 2.15. The van der Waals surface area contributed by atoms with Gasteiger partial charge in [-0.25, -0.2) is 9.48 Å². The van der Waals surface area contributed by atoms with Crippen molar-refractivity contribution in [2.75, 3.05) is 32.8 Å². The topological polar surface area (TPSA) is 80.9 Å². The van der Waals surface area contributed by atoms with E-state index in [0.717, 1.165) is 18.7 Å². The van der Waals surface area contributed by atoms with Gasteiger partial charge in [0.1, 0.15) is 6.54 Å². The van der Waals surface area contributed by atoms with E-state index >= 15 is 0 Å². The minimum Gasteiger partial charge on any atom is -0.379 e. The number of nitrogens with one attached hydrogen (secondary N) is 1. The first-order chi connectivity index (χ1) is 13.7. The number of rotatable bonds is 6. The average molecular weight is 381 g/mol. The average Bonchev–Trinajstić information content (AvgIpc) is 3.04.